The number of carbonyl (C=O) groups excluding carboxylic acids is 1. The molecule has 0 bridgehead atoms. The first kappa shape index (κ1) is 24.8. The lowest BCUT2D eigenvalue weighted by Gasteiger charge is -2.22. The molecule has 0 aliphatic carbocycles. The highest BCUT2D eigenvalue weighted by Gasteiger charge is 2.23. The first-order valence-electron chi connectivity index (χ1n) is 10.9. The number of halogens is 1. The average Bonchev–Trinajstić information content (AvgIpc) is 3.19. The summed E-state index contributed by atoms with van der Waals surface area (Å²) in [7, 11) is -2.23. The fourth-order valence-corrected chi connectivity index (χ4v) is 6.22. The fourth-order valence-electron chi connectivity index (χ4n) is 3.66. The summed E-state index contributed by atoms with van der Waals surface area (Å²) in [6.45, 7) is 2.86. The second-order valence-electron chi connectivity index (χ2n) is 7.59. The zero-order valence-corrected chi connectivity index (χ0v) is 20.9. The molecule has 3 aromatic carbocycles. The predicted octanol–water partition coefficient (Wildman–Crippen LogP) is 4.44. The molecule has 35 heavy (non-hydrogen) atoms. The number of sulfonamides is 1. The highest BCUT2D eigenvalue weighted by molar-refractivity contribution is 7.92. The normalized spacial score (nSPS) is 12.3. The van der Waals surface area contributed by atoms with Crippen LogP contribution in [0.4, 0.5) is 10.1 Å². The number of anilines is 1. The second kappa shape index (κ2) is 10.5. The molecule has 1 heterocycles. The van der Waals surface area contributed by atoms with Gasteiger partial charge in [0, 0.05) is 25.8 Å². The molecule has 1 amide bonds. The Morgan fingerprint density at radius 3 is 2.46 bits per heavy atom. The summed E-state index contributed by atoms with van der Waals surface area (Å²) in [5, 5.41) is 0. The summed E-state index contributed by atoms with van der Waals surface area (Å²) in [4.78, 5) is 17.6. The van der Waals surface area contributed by atoms with Crippen LogP contribution in [0.25, 0.3) is 10.2 Å². The first-order chi connectivity index (χ1) is 16.8. The van der Waals surface area contributed by atoms with Crippen LogP contribution in [-0.2, 0) is 21.3 Å². The monoisotopic (exact) mass is 513 g/mol. The second-order valence-corrected chi connectivity index (χ2v) is 10.5. The number of aromatic nitrogens is 1. The van der Waals surface area contributed by atoms with Gasteiger partial charge in [-0.2, -0.15) is 4.99 Å². The Hall–Kier alpha value is -3.34. The van der Waals surface area contributed by atoms with Crippen LogP contribution in [0.15, 0.2) is 82.7 Å². The smallest absolute Gasteiger partial charge is 0.279 e. The van der Waals surface area contributed by atoms with Gasteiger partial charge in [-0.15, -0.1) is 0 Å². The van der Waals surface area contributed by atoms with Crippen molar-refractivity contribution < 1.29 is 22.3 Å². The zero-order valence-electron chi connectivity index (χ0n) is 19.2. The van der Waals surface area contributed by atoms with E-state index in [0.717, 1.165) is 5.52 Å². The van der Waals surface area contributed by atoms with Crippen molar-refractivity contribution in [3.05, 3.63) is 89.0 Å². The van der Waals surface area contributed by atoms with Crippen molar-refractivity contribution in [2.24, 2.45) is 4.99 Å². The van der Waals surface area contributed by atoms with Crippen LogP contribution >= 0.6 is 11.3 Å². The highest BCUT2D eigenvalue weighted by Crippen LogP contribution is 2.24. The number of benzene rings is 3. The van der Waals surface area contributed by atoms with E-state index in [-0.39, 0.29) is 22.8 Å². The molecule has 1 aromatic heterocycles. The number of methoxy groups -OCH3 is 1. The molecular formula is C25H24FN3O4S2. The maximum atomic E-state index is 13.7. The number of fused-ring (bicyclic) bond motifs is 1. The number of ether oxygens (including phenoxy) is 1. The van der Waals surface area contributed by atoms with E-state index in [4.69, 9.17) is 4.74 Å². The van der Waals surface area contributed by atoms with Crippen molar-refractivity contribution >= 4 is 43.2 Å². The molecule has 0 radical (unpaired) electrons. The molecule has 0 fully saturated rings. The molecule has 0 aliphatic rings. The van der Waals surface area contributed by atoms with Crippen molar-refractivity contribution in [2.75, 3.05) is 24.6 Å². The SMILES string of the molecule is CCN(c1ccccc1)S(=O)(=O)c1ccc(C(=O)N=c2sc3cc(F)ccc3n2CCOC)cc1. The third kappa shape index (κ3) is 5.19. The maximum Gasteiger partial charge on any atom is 0.279 e. The summed E-state index contributed by atoms with van der Waals surface area (Å²) in [5.74, 6) is -0.897. The van der Waals surface area contributed by atoms with E-state index in [0.29, 0.717) is 28.3 Å². The van der Waals surface area contributed by atoms with Gasteiger partial charge in [-0.05, 0) is 61.5 Å². The van der Waals surface area contributed by atoms with Crippen LogP contribution < -0.4 is 9.11 Å². The summed E-state index contributed by atoms with van der Waals surface area (Å²) in [5.41, 5.74) is 1.56. The van der Waals surface area contributed by atoms with Crippen LogP contribution in [0.1, 0.15) is 17.3 Å². The van der Waals surface area contributed by atoms with Crippen LogP contribution in [-0.4, -0.2) is 39.2 Å². The summed E-state index contributed by atoms with van der Waals surface area (Å²) < 4.78 is 49.0. The number of carbonyl (C=O) groups is 1. The van der Waals surface area contributed by atoms with Gasteiger partial charge in [-0.1, -0.05) is 29.5 Å². The topological polar surface area (TPSA) is 81.0 Å². The molecule has 4 aromatic rings. The molecule has 0 saturated carbocycles. The van der Waals surface area contributed by atoms with Gasteiger partial charge in [0.1, 0.15) is 5.82 Å². The molecule has 0 atom stereocenters. The Balaban J connectivity index is 1.66. The molecule has 10 heteroatoms. The number of hydrogen-bond acceptors (Lipinski definition) is 5. The van der Waals surface area contributed by atoms with Gasteiger partial charge in [0.25, 0.3) is 15.9 Å². The van der Waals surface area contributed by atoms with Crippen molar-refractivity contribution in [2.45, 2.75) is 18.4 Å². The van der Waals surface area contributed by atoms with Crippen LogP contribution in [0.2, 0.25) is 0 Å². The van der Waals surface area contributed by atoms with Gasteiger partial charge in [0.05, 0.1) is 27.4 Å². The molecule has 0 spiro atoms. The van der Waals surface area contributed by atoms with Crippen LogP contribution in [0, 0.1) is 5.82 Å². The average molecular weight is 514 g/mol. The van der Waals surface area contributed by atoms with E-state index in [9.17, 15) is 17.6 Å². The Bertz CT molecular complexity index is 1510. The largest absolute Gasteiger partial charge is 0.383 e. The van der Waals surface area contributed by atoms with E-state index in [1.807, 2.05) is 6.07 Å². The quantitative estimate of drug-likeness (QED) is 0.349. The zero-order chi connectivity index (χ0) is 25.0. The van der Waals surface area contributed by atoms with Crippen molar-refractivity contribution in [1.82, 2.24) is 4.57 Å². The lowest BCUT2D eigenvalue weighted by atomic mass is 10.2. The molecule has 0 aliphatic heterocycles. The van der Waals surface area contributed by atoms with Gasteiger partial charge in [0.15, 0.2) is 4.80 Å². The third-order valence-electron chi connectivity index (χ3n) is 5.38. The summed E-state index contributed by atoms with van der Waals surface area (Å²) in [6.07, 6.45) is 0. The lowest BCUT2D eigenvalue weighted by Crippen LogP contribution is -2.30. The molecule has 182 valence electrons. The van der Waals surface area contributed by atoms with Gasteiger partial charge in [-0.25, -0.2) is 12.8 Å². The number of amides is 1. The fraction of sp³-hybridized carbons (Fsp3) is 0.200. The molecule has 7 nitrogen and oxygen atoms in total. The highest BCUT2D eigenvalue weighted by atomic mass is 32.2. The minimum absolute atomic E-state index is 0.0762. The lowest BCUT2D eigenvalue weighted by molar-refractivity contribution is 0.0997. The van der Waals surface area contributed by atoms with Crippen LogP contribution in [0.5, 0.6) is 0 Å². The first-order valence-corrected chi connectivity index (χ1v) is 13.2. The van der Waals surface area contributed by atoms with E-state index in [1.54, 1.807) is 48.9 Å². The minimum atomic E-state index is -3.80. The molecule has 0 N–H and O–H groups in total. The third-order valence-corrected chi connectivity index (χ3v) is 8.34. The predicted molar refractivity (Wildman–Crippen MR) is 135 cm³/mol. The van der Waals surface area contributed by atoms with Crippen molar-refractivity contribution in [3.63, 3.8) is 0 Å². The number of nitrogens with zero attached hydrogens (tertiary/aromatic N) is 3. The van der Waals surface area contributed by atoms with Gasteiger partial charge < -0.3 is 9.30 Å². The molecule has 0 saturated heterocycles. The molecule has 4 rings (SSSR count). The standard InChI is InChI=1S/C25H24FN3O4S2/c1-3-29(20-7-5-4-6-8-20)35(31,32)21-12-9-18(10-13-21)24(30)27-25-28(15-16-33-2)22-14-11-19(26)17-23(22)34-25/h4-14,17H,3,15-16H2,1-2H3. The number of hydrogen-bond donors (Lipinski definition) is 0. The summed E-state index contributed by atoms with van der Waals surface area (Å²) >= 11 is 1.20. The van der Waals surface area contributed by atoms with E-state index < -0.39 is 15.9 Å². The number of thiazole rings is 1. The van der Waals surface area contributed by atoms with E-state index in [1.165, 1.54) is 52.0 Å². The van der Waals surface area contributed by atoms with Gasteiger partial charge in [-0.3, -0.25) is 9.10 Å². The van der Waals surface area contributed by atoms with E-state index in [2.05, 4.69) is 4.99 Å². The molecular weight excluding hydrogens is 489 g/mol. The van der Waals surface area contributed by atoms with E-state index >= 15 is 0 Å². The Morgan fingerprint density at radius 2 is 1.80 bits per heavy atom. The van der Waals surface area contributed by atoms with Gasteiger partial charge >= 0.3 is 0 Å². The Kier molecular flexibility index (Phi) is 7.44. The Labute approximate surface area is 206 Å². The van der Waals surface area contributed by atoms with Crippen molar-refractivity contribution in [3.8, 4) is 0 Å². The number of para-hydroxylation sites is 1. The van der Waals surface area contributed by atoms with Crippen molar-refractivity contribution in [1.29, 1.82) is 0 Å². The van der Waals surface area contributed by atoms with Gasteiger partial charge in [0.2, 0.25) is 0 Å². The maximum absolute atomic E-state index is 13.7. The number of rotatable bonds is 8. The Morgan fingerprint density at radius 1 is 1.09 bits per heavy atom. The summed E-state index contributed by atoms with van der Waals surface area (Å²) in [6, 6.07) is 18.9. The van der Waals surface area contributed by atoms with Crippen LogP contribution in [0.3, 0.4) is 0 Å². The minimum Gasteiger partial charge on any atom is -0.383 e. The molecule has 0 unspecified atom stereocenters.